The highest BCUT2D eigenvalue weighted by Crippen LogP contribution is 2.12. The molecule has 2 rings (SSSR count). The Morgan fingerprint density at radius 2 is 1.68 bits per heavy atom. The van der Waals surface area contributed by atoms with E-state index in [4.69, 9.17) is 16.3 Å². The van der Waals surface area contributed by atoms with Gasteiger partial charge in [0.05, 0.1) is 13.5 Å². The van der Waals surface area contributed by atoms with E-state index in [1.807, 2.05) is 36.4 Å². The number of nitrogens with one attached hydrogen (secondary N) is 1. The second kappa shape index (κ2) is 8.44. The SMILES string of the molecule is COc1ccc(CCCNC(=O)Cc2ccc(Cl)cc2)cc1. The number of carbonyl (C=O) groups is 1. The van der Waals surface area contributed by atoms with Crippen molar-refractivity contribution in [1.29, 1.82) is 0 Å². The Kier molecular flexibility index (Phi) is 6.28. The quantitative estimate of drug-likeness (QED) is 0.792. The second-order valence-electron chi connectivity index (χ2n) is 5.10. The summed E-state index contributed by atoms with van der Waals surface area (Å²) < 4.78 is 5.12. The van der Waals surface area contributed by atoms with Crippen molar-refractivity contribution >= 4 is 17.5 Å². The van der Waals surface area contributed by atoms with E-state index in [1.54, 1.807) is 19.2 Å². The van der Waals surface area contributed by atoms with Gasteiger partial charge in [0.2, 0.25) is 5.91 Å². The van der Waals surface area contributed by atoms with Crippen molar-refractivity contribution in [2.75, 3.05) is 13.7 Å². The molecule has 2 aromatic rings. The van der Waals surface area contributed by atoms with Crippen LogP contribution in [0.4, 0.5) is 0 Å². The third-order valence-corrected chi connectivity index (χ3v) is 3.65. The molecule has 116 valence electrons. The zero-order valence-corrected chi connectivity index (χ0v) is 13.4. The molecule has 0 aliphatic carbocycles. The fourth-order valence-corrected chi connectivity index (χ4v) is 2.29. The molecule has 0 aliphatic heterocycles. The van der Waals surface area contributed by atoms with E-state index in [-0.39, 0.29) is 5.91 Å². The van der Waals surface area contributed by atoms with Crippen molar-refractivity contribution in [3.8, 4) is 5.75 Å². The first-order valence-corrected chi connectivity index (χ1v) is 7.69. The van der Waals surface area contributed by atoms with Crippen LogP contribution >= 0.6 is 11.6 Å². The van der Waals surface area contributed by atoms with Gasteiger partial charge in [0.1, 0.15) is 5.75 Å². The Morgan fingerprint density at radius 1 is 1.05 bits per heavy atom. The lowest BCUT2D eigenvalue weighted by Gasteiger charge is -2.06. The largest absolute Gasteiger partial charge is 0.497 e. The predicted molar refractivity (Wildman–Crippen MR) is 89.5 cm³/mol. The van der Waals surface area contributed by atoms with Crippen LogP contribution in [0.2, 0.25) is 5.02 Å². The van der Waals surface area contributed by atoms with Gasteiger partial charge in [-0.05, 0) is 48.2 Å². The molecule has 2 aromatic carbocycles. The summed E-state index contributed by atoms with van der Waals surface area (Å²) in [6.45, 7) is 0.679. The van der Waals surface area contributed by atoms with Crippen molar-refractivity contribution in [1.82, 2.24) is 5.32 Å². The minimum absolute atomic E-state index is 0.0389. The number of rotatable bonds is 7. The van der Waals surface area contributed by atoms with Crippen molar-refractivity contribution in [2.45, 2.75) is 19.3 Å². The van der Waals surface area contributed by atoms with Gasteiger partial charge in [0.25, 0.3) is 0 Å². The molecule has 0 spiro atoms. The molecule has 0 atom stereocenters. The molecule has 1 N–H and O–H groups in total. The number of benzene rings is 2. The Labute approximate surface area is 136 Å². The number of methoxy groups -OCH3 is 1. The third-order valence-electron chi connectivity index (χ3n) is 3.40. The smallest absolute Gasteiger partial charge is 0.224 e. The fourth-order valence-electron chi connectivity index (χ4n) is 2.16. The first-order chi connectivity index (χ1) is 10.7. The maximum Gasteiger partial charge on any atom is 0.224 e. The minimum Gasteiger partial charge on any atom is -0.497 e. The van der Waals surface area contributed by atoms with E-state index in [2.05, 4.69) is 5.32 Å². The van der Waals surface area contributed by atoms with Gasteiger partial charge in [-0.3, -0.25) is 4.79 Å². The Bertz CT molecular complexity index is 593. The highest BCUT2D eigenvalue weighted by molar-refractivity contribution is 6.30. The molecule has 0 fully saturated rings. The lowest BCUT2D eigenvalue weighted by Crippen LogP contribution is -2.26. The van der Waals surface area contributed by atoms with E-state index in [1.165, 1.54) is 5.56 Å². The number of ether oxygens (including phenoxy) is 1. The minimum atomic E-state index is 0.0389. The normalized spacial score (nSPS) is 10.3. The molecule has 0 aromatic heterocycles. The van der Waals surface area contributed by atoms with Gasteiger partial charge < -0.3 is 10.1 Å². The molecule has 4 heteroatoms. The average Bonchev–Trinajstić information content (AvgIpc) is 2.54. The number of carbonyl (C=O) groups excluding carboxylic acids is 1. The number of hydrogen-bond donors (Lipinski definition) is 1. The van der Waals surface area contributed by atoms with Crippen LogP contribution in [0.3, 0.4) is 0 Å². The average molecular weight is 318 g/mol. The summed E-state index contributed by atoms with van der Waals surface area (Å²) in [5, 5.41) is 3.63. The summed E-state index contributed by atoms with van der Waals surface area (Å²) >= 11 is 5.82. The number of hydrogen-bond acceptors (Lipinski definition) is 2. The Morgan fingerprint density at radius 3 is 2.32 bits per heavy atom. The highest BCUT2D eigenvalue weighted by Gasteiger charge is 2.03. The van der Waals surface area contributed by atoms with E-state index < -0.39 is 0 Å². The van der Waals surface area contributed by atoms with E-state index >= 15 is 0 Å². The van der Waals surface area contributed by atoms with E-state index in [9.17, 15) is 4.79 Å². The molecular weight excluding hydrogens is 298 g/mol. The van der Waals surface area contributed by atoms with Crippen LogP contribution in [0.15, 0.2) is 48.5 Å². The maximum atomic E-state index is 11.8. The zero-order chi connectivity index (χ0) is 15.8. The van der Waals surface area contributed by atoms with Crippen LogP contribution < -0.4 is 10.1 Å². The monoisotopic (exact) mass is 317 g/mol. The van der Waals surface area contributed by atoms with Gasteiger partial charge in [0, 0.05) is 11.6 Å². The van der Waals surface area contributed by atoms with Gasteiger partial charge in [-0.1, -0.05) is 35.9 Å². The molecule has 22 heavy (non-hydrogen) atoms. The first-order valence-electron chi connectivity index (χ1n) is 7.31. The van der Waals surface area contributed by atoms with Crippen molar-refractivity contribution in [3.05, 3.63) is 64.7 Å². The van der Waals surface area contributed by atoms with Crippen LogP contribution in [0.1, 0.15) is 17.5 Å². The summed E-state index contributed by atoms with van der Waals surface area (Å²) in [7, 11) is 1.66. The topological polar surface area (TPSA) is 38.3 Å². The summed E-state index contributed by atoms with van der Waals surface area (Å²) in [5.74, 6) is 0.900. The van der Waals surface area contributed by atoms with Crippen LogP contribution in [0.25, 0.3) is 0 Å². The van der Waals surface area contributed by atoms with Gasteiger partial charge in [-0.25, -0.2) is 0 Å². The van der Waals surface area contributed by atoms with Crippen LogP contribution in [0.5, 0.6) is 5.75 Å². The van der Waals surface area contributed by atoms with Crippen LogP contribution in [-0.4, -0.2) is 19.6 Å². The van der Waals surface area contributed by atoms with E-state index in [0.717, 1.165) is 24.2 Å². The number of halogens is 1. The molecule has 0 heterocycles. The van der Waals surface area contributed by atoms with Gasteiger partial charge in [-0.2, -0.15) is 0 Å². The van der Waals surface area contributed by atoms with E-state index in [0.29, 0.717) is 18.0 Å². The summed E-state index contributed by atoms with van der Waals surface area (Å²) in [6.07, 6.45) is 2.24. The molecule has 0 saturated heterocycles. The second-order valence-corrected chi connectivity index (χ2v) is 5.54. The molecule has 0 aliphatic rings. The molecule has 0 bridgehead atoms. The number of amides is 1. The highest BCUT2D eigenvalue weighted by atomic mass is 35.5. The standard InChI is InChI=1S/C18H20ClNO2/c1-22-17-10-6-14(7-11-17)3-2-12-20-18(21)13-15-4-8-16(19)9-5-15/h4-11H,2-3,12-13H2,1H3,(H,20,21). The maximum absolute atomic E-state index is 11.8. The summed E-state index contributed by atoms with van der Waals surface area (Å²) in [6, 6.07) is 15.4. The summed E-state index contributed by atoms with van der Waals surface area (Å²) in [5.41, 5.74) is 2.21. The van der Waals surface area contributed by atoms with Crippen molar-refractivity contribution in [3.63, 3.8) is 0 Å². The van der Waals surface area contributed by atoms with Gasteiger partial charge >= 0.3 is 0 Å². The van der Waals surface area contributed by atoms with Crippen molar-refractivity contribution in [2.24, 2.45) is 0 Å². The Balaban J connectivity index is 1.67. The first kappa shape index (κ1) is 16.4. The fraction of sp³-hybridized carbons (Fsp3) is 0.278. The van der Waals surface area contributed by atoms with Gasteiger partial charge in [-0.15, -0.1) is 0 Å². The number of aryl methyl sites for hydroxylation is 1. The van der Waals surface area contributed by atoms with Gasteiger partial charge in [0.15, 0.2) is 0 Å². The third kappa shape index (κ3) is 5.41. The van der Waals surface area contributed by atoms with Crippen molar-refractivity contribution < 1.29 is 9.53 Å². The lowest BCUT2D eigenvalue weighted by molar-refractivity contribution is -0.120. The molecule has 0 saturated carbocycles. The zero-order valence-electron chi connectivity index (χ0n) is 12.6. The molecule has 0 unspecified atom stereocenters. The Hall–Kier alpha value is -2.00. The molecule has 1 amide bonds. The molecule has 0 radical (unpaired) electrons. The lowest BCUT2D eigenvalue weighted by atomic mass is 10.1. The summed E-state index contributed by atoms with van der Waals surface area (Å²) in [4.78, 5) is 11.8. The van der Waals surface area contributed by atoms with Crippen LogP contribution in [0, 0.1) is 0 Å². The molecule has 3 nitrogen and oxygen atoms in total. The van der Waals surface area contributed by atoms with Crippen LogP contribution in [-0.2, 0) is 17.6 Å². The molecular formula is C18H20ClNO2. The predicted octanol–water partition coefficient (Wildman–Crippen LogP) is 3.64.